The van der Waals surface area contributed by atoms with Crippen molar-refractivity contribution in [2.75, 3.05) is 0 Å². The molecule has 23 heavy (non-hydrogen) atoms. The fourth-order valence-corrected chi connectivity index (χ4v) is 2.60. The van der Waals surface area contributed by atoms with Gasteiger partial charge in [-0.15, -0.1) is 5.10 Å². The van der Waals surface area contributed by atoms with E-state index < -0.39 is 0 Å². The molecule has 7 nitrogen and oxygen atoms in total. The Labute approximate surface area is 132 Å². The van der Waals surface area contributed by atoms with Crippen LogP contribution >= 0.6 is 0 Å². The minimum Gasteiger partial charge on any atom is -0.461 e. The Hall–Kier alpha value is -2.96. The number of carbonyl (C=O) groups is 1. The van der Waals surface area contributed by atoms with Crippen molar-refractivity contribution >= 4 is 5.91 Å². The third-order valence-electron chi connectivity index (χ3n) is 3.90. The third kappa shape index (κ3) is 2.85. The Morgan fingerprint density at radius 3 is 3.09 bits per heavy atom. The highest BCUT2D eigenvalue weighted by Crippen LogP contribution is 2.46. The summed E-state index contributed by atoms with van der Waals surface area (Å²) in [4.78, 5) is 20.8. The van der Waals surface area contributed by atoms with Crippen LogP contribution in [-0.4, -0.2) is 26.1 Å². The summed E-state index contributed by atoms with van der Waals surface area (Å²) in [6.07, 6.45) is 4.17. The first kappa shape index (κ1) is 13.7. The van der Waals surface area contributed by atoms with Crippen molar-refractivity contribution in [3.05, 3.63) is 54.3 Å². The molecule has 0 unspecified atom stereocenters. The summed E-state index contributed by atoms with van der Waals surface area (Å²) in [6.45, 7) is 0.317. The maximum Gasteiger partial charge on any atom is 0.224 e. The van der Waals surface area contributed by atoms with Gasteiger partial charge in [0.05, 0.1) is 12.8 Å². The number of aromatic nitrogens is 4. The number of carbonyl (C=O) groups excluding carboxylic acids is 1. The molecule has 1 saturated carbocycles. The number of H-pyrrole nitrogens is 1. The van der Waals surface area contributed by atoms with Gasteiger partial charge in [0.1, 0.15) is 5.82 Å². The topological polar surface area (TPSA) is 96.7 Å². The zero-order valence-electron chi connectivity index (χ0n) is 12.3. The maximum absolute atomic E-state index is 12.2. The van der Waals surface area contributed by atoms with Gasteiger partial charge in [-0.05, 0) is 30.7 Å². The highest BCUT2D eigenvalue weighted by atomic mass is 16.3. The number of amides is 1. The Morgan fingerprint density at radius 1 is 1.35 bits per heavy atom. The van der Waals surface area contributed by atoms with Crippen LogP contribution in [0.3, 0.4) is 0 Å². The molecule has 0 aliphatic heterocycles. The summed E-state index contributed by atoms with van der Waals surface area (Å²) in [7, 11) is 0. The van der Waals surface area contributed by atoms with Gasteiger partial charge in [0, 0.05) is 23.7 Å². The molecule has 3 heterocycles. The average Bonchev–Trinajstić information content (AvgIpc) is 2.99. The van der Waals surface area contributed by atoms with Crippen molar-refractivity contribution in [3.63, 3.8) is 0 Å². The molecule has 0 aromatic carbocycles. The van der Waals surface area contributed by atoms with Gasteiger partial charge >= 0.3 is 0 Å². The van der Waals surface area contributed by atoms with E-state index in [0.29, 0.717) is 24.0 Å². The van der Waals surface area contributed by atoms with E-state index >= 15 is 0 Å². The summed E-state index contributed by atoms with van der Waals surface area (Å²) < 4.78 is 5.23. The summed E-state index contributed by atoms with van der Waals surface area (Å²) in [5.74, 6) is 1.92. The number of nitrogens with zero attached hydrogens (tertiary/aromatic N) is 3. The Morgan fingerprint density at radius 2 is 2.30 bits per heavy atom. The second-order valence-electron chi connectivity index (χ2n) is 5.50. The van der Waals surface area contributed by atoms with E-state index in [4.69, 9.17) is 4.42 Å². The minimum absolute atomic E-state index is 0.00244. The molecule has 0 spiro atoms. The quantitative estimate of drug-likeness (QED) is 0.750. The van der Waals surface area contributed by atoms with Gasteiger partial charge in [0.25, 0.3) is 0 Å². The van der Waals surface area contributed by atoms with Crippen LogP contribution in [0.25, 0.3) is 11.6 Å². The minimum atomic E-state index is -0.00244. The van der Waals surface area contributed by atoms with Crippen LogP contribution in [0.4, 0.5) is 0 Å². The van der Waals surface area contributed by atoms with Crippen molar-refractivity contribution in [3.8, 4) is 11.6 Å². The van der Waals surface area contributed by atoms with Crippen LogP contribution in [0.1, 0.15) is 23.9 Å². The number of nitrogens with one attached hydrogen (secondary N) is 2. The summed E-state index contributed by atoms with van der Waals surface area (Å²) >= 11 is 0. The Balaban J connectivity index is 1.33. The molecular formula is C16H15N5O2. The van der Waals surface area contributed by atoms with E-state index in [2.05, 4.69) is 25.5 Å². The van der Waals surface area contributed by atoms with Gasteiger partial charge < -0.3 is 9.73 Å². The normalized spacial score (nSPS) is 19.5. The molecule has 1 amide bonds. The number of rotatable bonds is 5. The van der Waals surface area contributed by atoms with Crippen LogP contribution < -0.4 is 5.32 Å². The number of aromatic amines is 1. The predicted molar refractivity (Wildman–Crippen MR) is 81.0 cm³/mol. The molecule has 2 atom stereocenters. The lowest BCUT2D eigenvalue weighted by Crippen LogP contribution is -2.25. The molecule has 7 heteroatoms. The molecule has 2 N–H and O–H groups in total. The molecule has 3 aromatic heterocycles. The molecule has 0 radical (unpaired) electrons. The first-order chi connectivity index (χ1) is 11.3. The standard InChI is InChI=1S/C16H15N5O2/c22-16(11-8-10(11)12-4-1-2-6-17-12)18-9-14-19-15(21-20-14)13-5-3-7-23-13/h1-7,10-11H,8-9H2,(H,18,22)(H,19,20,21)/t10-,11-/m1/s1. The van der Waals surface area contributed by atoms with Gasteiger partial charge in [-0.1, -0.05) is 6.07 Å². The highest BCUT2D eigenvalue weighted by Gasteiger charge is 2.44. The lowest BCUT2D eigenvalue weighted by atomic mass is 10.2. The molecule has 4 rings (SSSR count). The van der Waals surface area contributed by atoms with E-state index in [1.165, 1.54) is 0 Å². The van der Waals surface area contributed by atoms with Crippen molar-refractivity contribution < 1.29 is 9.21 Å². The van der Waals surface area contributed by atoms with E-state index in [-0.39, 0.29) is 17.7 Å². The molecular weight excluding hydrogens is 294 g/mol. The average molecular weight is 309 g/mol. The van der Waals surface area contributed by atoms with Crippen molar-refractivity contribution in [2.24, 2.45) is 5.92 Å². The maximum atomic E-state index is 12.2. The lowest BCUT2D eigenvalue weighted by Gasteiger charge is -2.02. The summed E-state index contributed by atoms with van der Waals surface area (Å²) in [5.41, 5.74) is 0.979. The molecule has 1 aliphatic carbocycles. The monoisotopic (exact) mass is 309 g/mol. The molecule has 3 aromatic rings. The molecule has 1 fully saturated rings. The second-order valence-corrected chi connectivity index (χ2v) is 5.50. The summed E-state index contributed by atoms with van der Waals surface area (Å²) in [5, 5.41) is 9.76. The zero-order chi connectivity index (χ0) is 15.6. The van der Waals surface area contributed by atoms with E-state index in [1.807, 2.05) is 18.2 Å². The molecule has 116 valence electrons. The van der Waals surface area contributed by atoms with Crippen molar-refractivity contribution in [1.82, 2.24) is 25.5 Å². The fraction of sp³-hybridized carbons (Fsp3) is 0.250. The van der Waals surface area contributed by atoms with Crippen LogP contribution in [0, 0.1) is 5.92 Å². The second kappa shape index (κ2) is 5.68. The first-order valence-electron chi connectivity index (χ1n) is 7.45. The van der Waals surface area contributed by atoms with Crippen molar-refractivity contribution in [1.29, 1.82) is 0 Å². The van der Waals surface area contributed by atoms with Crippen molar-refractivity contribution in [2.45, 2.75) is 18.9 Å². The van der Waals surface area contributed by atoms with E-state index in [1.54, 1.807) is 24.6 Å². The van der Waals surface area contributed by atoms with Crippen LogP contribution in [-0.2, 0) is 11.3 Å². The lowest BCUT2D eigenvalue weighted by molar-refractivity contribution is -0.122. The van der Waals surface area contributed by atoms with Gasteiger partial charge in [-0.3, -0.25) is 14.9 Å². The number of pyridine rings is 1. The zero-order valence-corrected chi connectivity index (χ0v) is 12.3. The largest absolute Gasteiger partial charge is 0.461 e. The van der Waals surface area contributed by atoms with Gasteiger partial charge in [-0.2, -0.15) is 0 Å². The highest BCUT2D eigenvalue weighted by molar-refractivity contribution is 5.82. The van der Waals surface area contributed by atoms with Gasteiger partial charge in [0.15, 0.2) is 5.76 Å². The van der Waals surface area contributed by atoms with Gasteiger partial charge in [-0.25, -0.2) is 4.98 Å². The number of hydrogen-bond donors (Lipinski definition) is 2. The predicted octanol–water partition coefficient (Wildman–Crippen LogP) is 1.88. The Kier molecular flexibility index (Phi) is 3.38. The fourth-order valence-electron chi connectivity index (χ4n) is 2.60. The van der Waals surface area contributed by atoms with Crippen LogP contribution in [0.2, 0.25) is 0 Å². The van der Waals surface area contributed by atoms with E-state index in [0.717, 1.165) is 12.1 Å². The number of furan rings is 1. The smallest absolute Gasteiger partial charge is 0.224 e. The molecule has 0 saturated heterocycles. The van der Waals surface area contributed by atoms with Crippen LogP contribution in [0.5, 0.6) is 0 Å². The third-order valence-corrected chi connectivity index (χ3v) is 3.90. The number of hydrogen-bond acceptors (Lipinski definition) is 5. The molecule has 1 aliphatic rings. The Bertz CT molecular complexity index is 797. The van der Waals surface area contributed by atoms with Crippen LogP contribution in [0.15, 0.2) is 47.2 Å². The molecule has 0 bridgehead atoms. The first-order valence-corrected chi connectivity index (χ1v) is 7.45. The van der Waals surface area contributed by atoms with E-state index in [9.17, 15) is 4.79 Å². The van der Waals surface area contributed by atoms with Gasteiger partial charge in [0.2, 0.25) is 11.7 Å². The summed E-state index contributed by atoms with van der Waals surface area (Å²) in [6, 6.07) is 9.34. The SMILES string of the molecule is O=C(NCc1nc(-c2ccco2)n[nH]1)[C@@H]1C[C@H]1c1ccccn1.